The summed E-state index contributed by atoms with van der Waals surface area (Å²) in [5, 5.41) is 22.0. The maximum Gasteiger partial charge on any atom is 0.119 e. The van der Waals surface area contributed by atoms with Crippen molar-refractivity contribution in [2.45, 2.75) is 44.1 Å². The molecule has 1 aliphatic rings. The largest absolute Gasteiger partial charge is 0.489 e. The number of piperidine rings is 1. The predicted octanol–water partition coefficient (Wildman–Crippen LogP) is 4.67. The molecule has 31 heavy (non-hydrogen) atoms. The molecule has 1 aliphatic heterocycles. The number of likely N-dealkylation sites (tertiary alicyclic amines) is 1. The number of hydrogen-bond acceptors (Lipinski definition) is 4. The summed E-state index contributed by atoms with van der Waals surface area (Å²) in [6.07, 6.45) is 0.742. The third-order valence-electron chi connectivity index (χ3n) is 6.44. The quantitative estimate of drug-likeness (QED) is 0.587. The lowest BCUT2D eigenvalue weighted by molar-refractivity contribution is -0.0501. The van der Waals surface area contributed by atoms with E-state index in [0.29, 0.717) is 19.4 Å². The van der Waals surface area contributed by atoms with Crippen LogP contribution in [-0.4, -0.2) is 34.2 Å². The summed E-state index contributed by atoms with van der Waals surface area (Å²) in [5.74, 6) is 0.790. The Morgan fingerprint density at radius 1 is 0.871 bits per heavy atom. The highest BCUT2D eigenvalue weighted by molar-refractivity contribution is 5.30. The zero-order valence-corrected chi connectivity index (χ0v) is 18.0. The van der Waals surface area contributed by atoms with Gasteiger partial charge in [0, 0.05) is 19.1 Å². The highest BCUT2D eigenvalue weighted by Gasteiger charge is 2.36. The molecule has 1 heterocycles. The molecule has 0 radical (unpaired) electrons. The second kappa shape index (κ2) is 9.65. The van der Waals surface area contributed by atoms with Gasteiger partial charge in [-0.1, -0.05) is 72.8 Å². The summed E-state index contributed by atoms with van der Waals surface area (Å²) in [5.41, 5.74) is 2.21. The van der Waals surface area contributed by atoms with Crippen LogP contribution in [0.15, 0.2) is 84.9 Å². The molecular weight excluding hydrogens is 386 g/mol. The fourth-order valence-electron chi connectivity index (χ4n) is 4.32. The van der Waals surface area contributed by atoms with Gasteiger partial charge in [-0.15, -0.1) is 0 Å². The topological polar surface area (TPSA) is 52.9 Å². The highest BCUT2D eigenvalue weighted by atomic mass is 16.5. The molecule has 1 fully saturated rings. The molecule has 0 aromatic heterocycles. The average Bonchev–Trinajstić information content (AvgIpc) is 2.84. The molecule has 0 amide bonds. The van der Waals surface area contributed by atoms with E-state index in [1.165, 1.54) is 0 Å². The first-order valence-electron chi connectivity index (χ1n) is 11.0. The zero-order valence-electron chi connectivity index (χ0n) is 18.0. The first-order chi connectivity index (χ1) is 15.0. The average molecular weight is 418 g/mol. The second-order valence-corrected chi connectivity index (χ2v) is 8.46. The molecule has 3 aromatic rings. The van der Waals surface area contributed by atoms with Gasteiger partial charge in [-0.3, -0.25) is 4.90 Å². The van der Waals surface area contributed by atoms with Crippen LogP contribution in [0.1, 0.15) is 42.6 Å². The van der Waals surface area contributed by atoms with E-state index < -0.39 is 11.7 Å². The predicted molar refractivity (Wildman–Crippen MR) is 123 cm³/mol. The fourth-order valence-corrected chi connectivity index (χ4v) is 4.32. The summed E-state index contributed by atoms with van der Waals surface area (Å²) in [6.45, 7) is 4.08. The lowest BCUT2D eigenvalue weighted by atomic mass is 9.83. The van der Waals surface area contributed by atoms with E-state index in [1.54, 1.807) is 0 Å². The molecule has 2 atom stereocenters. The number of nitrogens with zero attached hydrogens (tertiary/aromatic N) is 1. The molecule has 162 valence electrons. The Balaban J connectivity index is 1.32. The van der Waals surface area contributed by atoms with Crippen LogP contribution in [0.5, 0.6) is 5.75 Å². The lowest BCUT2D eigenvalue weighted by Gasteiger charge is -2.42. The number of aliphatic hydroxyl groups excluding tert-OH is 1. The smallest absolute Gasteiger partial charge is 0.119 e. The van der Waals surface area contributed by atoms with Crippen molar-refractivity contribution in [1.29, 1.82) is 0 Å². The van der Waals surface area contributed by atoms with Gasteiger partial charge in [-0.25, -0.2) is 0 Å². The van der Waals surface area contributed by atoms with Crippen LogP contribution in [0.4, 0.5) is 0 Å². The van der Waals surface area contributed by atoms with E-state index in [0.717, 1.165) is 35.5 Å². The summed E-state index contributed by atoms with van der Waals surface area (Å²) >= 11 is 0. The molecule has 0 saturated carbocycles. The van der Waals surface area contributed by atoms with E-state index in [4.69, 9.17) is 4.74 Å². The van der Waals surface area contributed by atoms with Gasteiger partial charge in [0.25, 0.3) is 0 Å². The van der Waals surface area contributed by atoms with Gasteiger partial charge in [-0.2, -0.15) is 0 Å². The molecule has 4 nitrogen and oxygen atoms in total. The molecule has 1 saturated heterocycles. The van der Waals surface area contributed by atoms with E-state index >= 15 is 0 Å². The maximum atomic E-state index is 11.1. The van der Waals surface area contributed by atoms with Gasteiger partial charge in [0.2, 0.25) is 0 Å². The Bertz CT molecular complexity index is 935. The van der Waals surface area contributed by atoms with Gasteiger partial charge in [0.1, 0.15) is 12.4 Å². The van der Waals surface area contributed by atoms with E-state index in [1.807, 2.05) is 84.9 Å². The Morgan fingerprint density at radius 3 is 2.06 bits per heavy atom. The molecule has 4 heteroatoms. The summed E-state index contributed by atoms with van der Waals surface area (Å²) in [7, 11) is 0. The fraction of sp³-hybridized carbons (Fsp3) is 0.333. The van der Waals surface area contributed by atoms with E-state index in [2.05, 4.69) is 11.8 Å². The van der Waals surface area contributed by atoms with Gasteiger partial charge < -0.3 is 14.9 Å². The number of hydrogen-bond donors (Lipinski definition) is 2. The van der Waals surface area contributed by atoms with E-state index in [9.17, 15) is 10.2 Å². The standard InChI is InChI=1S/C27H31NO3/c1-21(28-18-16-27(30,17-19-28)24-10-6-3-7-11-24)26(29)23-12-14-25(15-13-23)31-20-22-8-4-2-5-9-22/h2-15,21,26,29-30H,16-20H2,1H3/t21-,26?/m0/s1. The van der Waals surface area contributed by atoms with Crippen molar-refractivity contribution >= 4 is 0 Å². The van der Waals surface area contributed by atoms with Crippen LogP contribution in [0, 0.1) is 0 Å². The molecule has 0 spiro atoms. The molecule has 3 aromatic carbocycles. The van der Waals surface area contributed by atoms with Gasteiger partial charge >= 0.3 is 0 Å². The molecule has 1 unspecified atom stereocenters. The van der Waals surface area contributed by atoms with Crippen LogP contribution in [0.3, 0.4) is 0 Å². The lowest BCUT2D eigenvalue weighted by Crippen LogP contribution is -2.47. The van der Waals surface area contributed by atoms with Crippen molar-refractivity contribution in [2.24, 2.45) is 0 Å². The van der Waals surface area contributed by atoms with E-state index in [-0.39, 0.29) is 6.04 Å². The number of benzene rings is 3. The molecule has 2 N–H and O–H groups in total. The van der Waals surface area contributed by atoms with Crippen molar-refractivity contribution < 1.29 is 14.9 Å². The number of rotatable bonds is 7. The van der Waals surface area contributed by atoms with Crippen molar-refractivity contribution in [3.8, 4) is 5.75 Å². The normalized spacial score (nSPS) is 18.3. The van der Waals surface area contributed by atoms with Crippen LogP contribution in [0.2, 0.25) is 0 Å². The van der Waals surface area contributed by atoms with Crippen molar-refractivity contribution in [3.63, 3.8) is 0 Å². The maximum absolute atomic E-state index is 11.1. The Labute approximate surface area is 184 Å². The van der Waals surface area contributed by atoms with Gasteiger partial charge in [0.15, 0.2) is 0 Å². The molecular formula is C27H31NO3. The van der Waals surface area contributed by atoms with Crippen molar-refractivity contribution in [2.75, 3.05) is 13.1 Å². The summed E-state index contributed by atoms with van der Waals surface area (Å²) < 4.78 is 5.85. The zero-order chi connectivity index (χ0) is 21.7. The highest BCUT2D eigenvalue weighted by Crippen LogP contribution is 2.35. The Morgan fingerprint density at radius 2 is 1.45 bits per heavy atom. The number of aliphatic hydroxyl groups is 2. The third kappa shape index (κ3) is 5.16. The minimum atomic E-state index is -0.778. The summed E-state index contributed by atoms with van der Waals surface area (Å²) in [6, 6.07) is 27.6. The van der Waals surface area contributed by atoms with Gasteiger partial charge in [-0.05, 0) is 48.6 Å². The summed E-state index contributed by atoms with van der Waals surface area (Å²) in [4.78, 5) is 2.27. The SMILES string of the molecule is C[C@@H](C(O)c1ccc(OCc2ccccc2)cc1)N1CCC(O)(c2ccccc2)CC1. The third-order valence-corrected chi connectivity index (χ3v) is 6.44. The molecule has 0 bridgehead atoms. The van der Waals surface area contributed by atoms with Crippen LogP contribution in [-0.2, 0) is 12.2 Å². The van der Waals surface area contributed by atoms with Crippen LogP contribution >= 0.6 is 0 Å². The number of ether oxygens (including phenoxy) is 1. The van der Waals surface area contributed by atoms with Crippen molar-refractivity contribution in [1.82, 2.24) is 4.90 Å². The van der Waals surface area contributed by atoms with Crippen LogP contribution in [0.25, 0.3) is 0 Å². The van der Waals surface area contributed by atoms with Gasteiger partial charge in [0.05, 0.1) is 11.7 Å². The molecule has 0 aliphatic carbocycles. The first kappa shape index (κ1) is 21.6. The minimum absolute atomic E-state index is 0.0311. The second-order valence-electron chi connectivity index (χ2n) is 8.46. The molecule has 4 rings (SSSR count). The van der Waals surface area contributed by atoms with Crippen LogP contribution < -0.4 is 4.74 Å². The monoisotopic (exact) mass is 417 g/mol. The first-order valence-corrected chi connectivity index (χ1v) is 11.0. The van der Waals surface area contributed by atoms with Crippen molar-refractivity contribution in [3.05, 3.63) is 102 Å². The Hall–Kier alpha value is -2.66. The minimum Gasteiger partial charge on any atom is -0.489 e. The Kier molecular flexibility index (Phi) is 6.71.